The van der Waals surface area contributed by atoms with E-state index in [9.17, 15) is 13.6 Å². The molecule has 176 valence electrons. The van der Waals surface area contributed by atoms with E-state index in [-0.39, 0.29) is 5.89 Å². The molecule has 4 heterocycles. The Morgan fingerprint density at radius 2 is 1.91 bits per heavy atom. The Kier molecular flexibility index (Phi) is 7.43. The molecule has 3 aromatic heterocycles. The van der Waals surface area contributed by atoms with Gasteiger partial charge in [-0.15, -0.1) is 15.3 Å². The van der Waals surface area contributed by atoms with E-state index in [0.717, 1.165) is 11.8 Å². The van der Waals surface area contributed by atoms with E-state index in [1.165, 1.54) is 32.1 Å². The smallest absolute Gasteiger partial charge is 0.314 e. The maximum Gasteiger partial charge on any atom is 0.314 e. The molecule has 0 atom stereocenters. The van der Waals surface area contributed by atoms with Gasteiger partial charge in [0.15, 0.2) is 0 Å². The summed E-state index contributed by atoms with van der Waals surface area (Å²) in [6, 6.07) is 10.4. The standard InChI is InChI=1S/C18H12F2N6O2.C5H11N/c19-16(20)18-24-23-17(28-18)13-4-5-14(21-7-13)8-26-9-15(22-25-26)12-3-1-2-11(6-12)10-27;1-6-4-2-3-5-6/h1-7,9-10,16H,8H2;2-5H2,1H3. The number of likely N-dealkylation sites (tertiary alicyclic amines) is 1. The molecule has 0 N–H and O–H groups in total. The monoisotopic (exact) mass is 467 g/mol. The molecule has 0 radical (unpaired) electrons. The quantitative estimate of drug-likeness (QED) is 0.394. The highest BCUT2D eigenvalue weighted by Gasteiger charge is 2.17. The van der Waals surface area contributed by atoms with Crippen LogP contribution >= 0.6 is 0 Å². The third-order valence-electron chi connectivity index (χ3n) is 5.21. The fourth-order valence-electron chi connectivity index (χ4n) is 3.40. The molecule has 1 fully saturated rings. The maximum atomic E-state index is 12.5. The van der Waals surface area contributed by atoms with Gasteiger partial charge in [-0.2, -0.15) is 8.78 Å². The molecule has 34 heavy (non-hydrogen) atoms. The summed E-state index contributed by atoms with van der Waals surface area (Å²) in [7, 11) is 2.17. The number of hydrogen-bond donors (Lipinski definition) is 0. The summed E-state index contributed by atoms with van der Waals surface area (Å²) in [5, 5.41) is 15.0. The van der Waals surface area contributed by atoms with E-state index in [2.05, 4.69) is 37.4 Å². The summed E-state index contributed by atoms with van der Waals surface area (Å²) in [5.74, 6) is -0.750. The lowest BCUT2D eigenvalue weighted by atomic mass is 10.1. The van der Waals surface area contributed by atoms with Crippen LogP contribution in [0.1, 0.15) is 41.2 Å². The molecular weight excluding hydrogens is 444 g/mol. The zero-order chi connectivity index (χ0) is 23.9. The lowest BCUT2D eigenvalue weighted by Crippen LogP contribution is -2.10. The highest BCUT2D eigenvalue weighted by Crippen LogP contribution is 2.23. The molecule has 0 aliphatic carbocycles. The second-order valence-electron chi connectivity index (χ2n) is 7.84. The molecule has 1 saturated heterocycles. The molecule has 1 aromatic carbocycles. The average molecular weight is 467 g/mol. The summed E-state index contributed by atoms with van der Waals surface area (Å²) in [6.07, 6.45) is 3.98. The van der Waals surface area contributed by atoms with E-state index in [1.807, 2.05) is 6.07 Å². The van der Waals surface area contributed by atoms with Crippen LogP contribution < -0.4 is 0 Å². The molecule has 0 saturated carbocycles. The number of halogens is 2. The number of hydrogen-bond acceptors (Lipinski definition) is 8. The van der Waals surface area contributed by atoms with Gasteiger partial charge in [0, 0.05) is 17.3 Å². The molecule has 11 heteroatoms. The first kappa shape index (κ1) is 23.3. The number of carbonyl (C=O) groups is 1. The van der Waals surface area contributed by atoms with Gasteiger partial charge in [-0.25, -0.2) is 4.68 Å². The van der Waals surface area contributed by atoms with Gasteiger partial charge < -0.3 is 9.32 Å². The fraction of sp³-hybridized carbons (Fsp3) is 0.304. The molecule has 1 aliphatic heterocycles. The van der Waals surface area contributed by atoms with Crippen LogP contribution in [-0.2, 0) is 6.54 Å². The van der Waals surface area contributed by atoms with Crippen LogP contribution in [0.4, 0.5) is 8.78 Å². The van der Waals surface area contributed by atoms with Gasteiger partial charge in [-0.1, -0.05) is 23.4 Å². The number of benzene rings is 1. The van der Waals surface area contributed by atoms with Crippen LogP contribution in [0.5, 0.6) is 0 Å². The largest absolute Gasteiger partial charge is 0.415 e. The summed E-state index contributed by atoms with van der Waals surface area (Å²) in [6.45, 7) is 2.99. The van der Waals surface area contributed by atoms with Crippen molar-refractivity contribution in [1.29, 1.82) is 0 Å². The van der Waals surface area contributed by atoms with Gasteiger partial charge in [0.05, 0.1) is 24.0 Å². The van der Waals surface area contributed by atoms with Crippen LogP contribution in [0.3, 0.4) is 0 Å². The van der Waals surface area contributed by atoms with Crippen molar-refractivity contribution in [1.82, 2.24) is 35.1 Å². The van der Waals surface area contributed by atoms with Crippen molar-refractivity contribution in [3.05, 3.63) is 65.9 Å². The van der Waals surface area contributed by atoms with E-state index in [1.54, 1.807) is 41.2 Å². The Labute approximate surface area is 194 Å². The van der Waals surface area contributed by atoms with E-state index < -0.39 is 12.3 Å². The number of aldehydes is 1. The van der Waals surface area contributed by atoms with Gasteiger partial charge in [0.1, 0.15) is 12.0 Å². The van der Waals surface area contributed by atoms with E-state index in [4.69, 9.17) is 4.42 Å². The van der Waals surface area contributed by atoms with Crippen molar-refractivity contribution in [2.45, 2.75) is 25.8 Å². The second-order valence-corrected chi connectivity index (χ2v) is 7.84. The van der Waals surface area contributed by atoms with Crippen molar-refractivity contribution < 1.29 is 18.0 Å². The average Bonchev–Trinajstić information content (AvgIpc) is 3.62. The Morgan fingerprint density at radius 3 is 2.53 bits per heavy atom. The summed E-state index contributed by atoms with van der Waals surface area (Å²) >= 11 is 0. The minimum absolute atomic E-state index is 0.0209. The Bertz CT molecular complexity index is 1220. The number of rotatable bonds is 6. The first-order chi connectivity index (χ1) is 16.5. The Hall–Kier alpha value is -3.86. The van der Waals surface area contributed by atoms with Crippen molar-refractivity contribution in [2.75, 3.05) is 20.1 Å². The normalized spacial score (nSPS) is 13.6. The van der Waals surface area contributed by atoms with Crippen molar-refractivity contribution in [3.63, 3.8) is 0 Å². The summed E-state index contributed by atoms with van der Waals surface area (Å²) in [5.41, 5.74) is 3.08. The number of carbonyl (C=O) groups excluding carboxylic acids is 1. The zero-order valence-corrected chi connectivity index (χ0v) is 18.5. The Morgan fingerprint density at radius 1 is 1.09 bits per heavy atom. The molecule has 5 rings (SSSR count). The van der Waals surface area contributed by atoms with Gasteiger partial charge in [0.25, 0.3) is 5.89 Å². The highest BCUT2D eigenvalue weighted by molar-refractivity contribution is 5.78. The lowest BCUT2D eigenvalue weighted by molar-refractivity contribution is 0.112. The molecule has 0 unspecified atom stereocenters. The van der Waals surface area contributed by atoms with E-state index in [0.29, 0.717) is 29.1 Å². The van der Waals surface area contributed by atoms with Crippen LogP contribution in [0.2, 0.25) is 0 Å². The van der Waals surface area contributed by atoms with Crippen LogP contribution in [0.25, 0.3) is 22.7 Å². The first-order valence-corrected chi connectivity index (χ1v) is 10.7. The van der Waals surface area contributed by atoms with Crippen LogP contribution in [-0.4, -0.2) is 61.5 Å². The van der Waals surface area contributed by atoms with E-state index >= 15 is 0 Å². The number of pyridine rings is 1. The zero-order valence-electron chi connectivity index (χ0n) is 18.5. The molecule has 1 aliphatic rings. The van der Waals surface area contributed by atoms with Crippen LogP contribution in [0.15, 0.2) is 53.2 Å². The minimum Gasteiger partial charge on any atom is -0.415 e. The summed E-state index contributed by atoms with van der Waals surface area (Å²) < 4.78 is 31.5. The van der Waals surface area contributed by atoms with Gasteiger partial charge >= 0.3 is 6.43 Å². The molecule has 4 aromatic rings. The predicted molar refractivity (Wildman–Crippen MR) is 119 cm³/mol. The third-order valence-corrected chi connectivity index (χ3v) is 5.21. The van der Waals surface area contributed by atoms with Gasteiger partial charge in [0.2, 0.25) is 5.89 Å². The molecule has 9 nitrogen and oxygen atoms in total. The minimum atomic E-state index is -2.82. The van der Waals surface area contributed by atoms with Crippen LogP contribution in [0, 0.1) is 0 Å². The number of aromatic nitrogens is 6. The highest BCUT2D eigenvalue weighted by atomic mass is 19.3. The van der Waals surface area contributed by atoms with Gasteiger partial charge in [-0.05, 0) is 51.2 Å². The predicted octanol–water partition coefficient (Wildman–Crippen LogP) is 3.90. The third kappa shape index (κ3) is 5.93. The second kappa shape index (κ2) is 10.8. The molecular formula is C23H23F2N7O2. The topological polar surface area (TPSA) is 103 Å². The lowest BCUT2D eigenvalue weighted by Gasteiger charge is -2.01. The molecule has 0 spiro atoms. The van der Waals surface area contributed by atoms with Gasteiger partial charge in [-0.3, -0.25) is 9.78 Å². The maximum absolute atomic E-state index is 12.5. The van der Waals surface area contributed by atoms with Crippen molar-refractivity contribution >= 4 is 6.29 Å². The number of nitrogens with zero attached hydrogens (tertiary/aromatic N) is 7. The fourth-order valence-corrected chi connectivity index (χ4v) is 3.40. The molecule has 0 bridgehead atoms. The summed E-state index contributed by atoms with van der Waals surface area (Å²) in [4.78, 5) is 17.5. The SMILES string of the molecule is CN1CCCC1.O=Cc1cccc(-c2cn(Cc3ccc(-c4nnc(C(F)F)o4)cn3)nn2)c1. The molecule has 0 amide bonds. The van der Waals surface area contributed by atoms with Crippen molar-refractivity contribution in [3.8, 4) is 22.7 Å². The van der Waals surface area contributed by atoms with Crippen molar-refractivity contribution in [2.24, 2.45) is 0 Å². The first-order valence-electron chi connectivity index (χ1n) is 10.7. The Balaban J connectivity index is 0.000000398. The number of alkyl halides is 2.